The van der Waals surface area contributed by atoms with Gasteiger partial charge in [0.05, 0.1) is 18.7 Å². The van der Waals surface area contributed by atoms with Gasteiger partial charge in [0.25, 0.3) is 0 Å². The Bertz CT molecular complexity index is 585. The zero-order valence-electron chi connectivity index (χ0n) is 10.1. The van der Waals surface area contributed by atoms with Crippen LogP contribution in [-0.4, -0.2) is 4.98 Å². The SMILES string of the molecule is Cc1ccc(Oc2ccc(N)c(CC#N)c2)cn1. The van der Waals surface area contributed by atoms with Crippen LogP contribution in [0.1, 0.15) is 11.3 Å². The van der Waals surface area contributed by atoms with Crippen molar-refractivity contribution in [3.8, 4) is 17.6 Å². The summed E-state index contributed by atoms with van der Waals surface area (Å²) in [6.07, 6.45) is 1.94. The van der Waals surface area contributed by atoms with E-state index in [1.54, 1.807) is 24.4 Å². The first kappa shape index (κ1) is 11.9. The minimum Gasteiger partial charge on any atom is -0.456 e. The number of nitriles is 1. The van der Waals surface area contributed by atoms with E-state index in [2.05, 4.69) is 11.1 Å². The van der Waals surface area contributed by atoms with Crippen molar-refractivity contribution in [2.75, 3.05) is 5.73 Å². The van der Waals surface area contributed by atoms with Crippen molar-refractivity contribution in [1.82, 2.24) is 4.98 Å². The van der Waals surface area contributed by atoms with Crippen molar-refractivity contribution in [2.45, 2.75) is 13.3 Å². The molecule has 0 radical (unpaired) electrons. The van der Waals surface area contributed by atoms with Crippen molar-refractivity contribution >= 4 is 5.69 Å². The Morgan fingerprint density at radius 3 is 2.72 bits per heavy atom. The van der Waals surface area contributed by atoms with Gasteiger partial charge in [0, 0.05) is 11.4 Å². The van der Waals surface area contributed by atoms with E-state index >= 15 is 0 Å². The number of benzene rings is 1. The summed E-state index contributed by atoms with van der Waals surface area (Å²) in [4.78, 5) is 4.15. The van der Waals surface area contributed by atoms with Crippen molar-refractivity contribution in [2.24, 2.45) is 0 Å². The van der Waals surface area contributed by atoms with Crippen LogP contribution in [0.2, 0.25) is 0 Å². The average molecular weight is 239 g/mol. The monoisotopic (exact) mass is 239 g/mol. The lowest BCUT2D eigenvalue weighted by Crippen LogP contribution is -1.94. The maximum absolute atomic E-state index is 8.70. The molecule has 0 saturated carbocycles. The third-order valence-electron chi connectivity index (χ3n) is 2.50. The number of pyridine rings is 1. The summed E-state index contributed by atoms with van der Waals surface area (Å²) in [5.41, 5.74) is 8.08. The Balaban J connectivity index is 2.22. The van der Waals surface area contributed by atoms with Crippen LogP contribution in [0, 0.1) is 18.3 Å². The van der Waals surface area contributed by atoms with E-state index in [0.717, 1.165) is 11.3 Å². The van der Waals surface area contributed by atoms with Crippen LogP contribution in [-0.2, 0) is 6.42 Å². The first-order valence-electron chi connectivity index (χ1n) is 5.55. The van der Waals surface area contributed by atoms with E-state index in [0.29, 0.717) is 17.2 Å². The van der Waals surface area contributed by atoms with Crippen LogP contribution in [0.5, 0.6) is 11.5 Å². The molecule has 0 spiro atoms. The molecule has 0 bridgehead atoms. The highest BCUT2D eigenvalue weighted by molar-refractivity contribution is 5.52. The lowest BCUT2D eigenvalue weighted by molar-refractivity contribution is 0.479. The number of ether oxygens (including phenoxy) is 1. The van der Waals surface area contributed by atoms with E-state index < -0.39 is 0 Å². The molecule has 1 heterocycles. The average Bonchev–Trinajstić information content (AvgIpc) is 2.37. The molecule has 90 valence electrons. The molecule has 2 N–H and O–H groups in total. The number of hydrogen-bond acceptors (Lipinski definition) is 4. The Kier molecular flexibility index (Phi) is 3.44. The number of aryl methyl sites for hydroxylation is 1. The van der Waals surface area contributed by atoms with Gasteiger partial charge in [0.15, 0.2) is 0 Å². The second kappa shape index (κ2) is 5.19. The summed E-state index contributed by atoms with van der Waals surface area (Å²) in [6, 6.07) is 11.1. The fourth-order valence-corrected chi connectivity index (χ4v) is 1.53. The molecular formula is C14H13N3O. The molecule has 0 aliphatic carbocycles. The van der Waals surface area contributed by atoms with Crippen molar-refractivity contribution < 1.29 is 4.74 Å². The van der Waals surface area contributed by atoms with Crippen molar-refractivity contribution in [1.29, 1.82) is 5.26 Å². The van der Waals surface area contributed by atoms with Gasteiger partial charge in [-0.15, -0.1) is 0 Å². The maximum Gasteiger partial charge on any atom is 0.145 e. The number of nitrogen functional groups attached to an aromatic ring is 1. The lowest BCUT2D eigenvalue weighted by atomic mass is 10.1. The normalized spacial score (nSPS) is 9.78. The molecule has 0 fully saturated rings. The van der Waals surface area contributed by atoms with Crippen LogP contribution in [0.25, 0.3) is 0 Å². The summed E-state index contributed by atoms with van der Waals surface area (Å²) in [5.74, 6) is 1.31. The van der Waals surface area contributed by atoms with E-state index in [1.165, 1.54) is 0 Å². The zero-order chi connectivity index (χ0) is 13.0. The molecular weight excluding hydrogens is 226 g/mol. The third kappa shape index (κ3) is 2.77. The predicted octanol–water partition coefficient (Wildman–Crippen LogP) is 2.83. The van der Waals surface area contributed by atoms with E-state index in [-0.39, 0.29) is 6.42 Å². The first-order chi connectivity index (χ1) is 8.69. The minimum absolute atomic E-state index is 0.273. The molecule has 0 aliphatic rings. The van der Waals surface area contributed by atoms with Gasteiger partial charge in [-0.1, -0.05) is 0 Å². The summed E-state index contributed by atoms with van der Waals surface area (Å²) in [6.45, 7) is 1.91. The number of rotatable bonds is 3. The Labute approximate surface area is 106 Å². The van der Waals surface area contributed by atoms with Gasteiger partial charge in [0.2, 0.25) is 0 Å². The molecule has 4 nitrogen and oxygen atoms in total. The van der Waals surface area contributed by atoms with Crippen LogP contribution in [0.3, 0.4) is 0 Å². The lowest BCUT2D eigenvalue weighted by Gasteiger charge is -2.08. The fourth-order valence-electron chi connectivity index (χ4n) is 1.53. The van der Waals surface area contributed by atoms with Crippen LogP contribution in [0.15, 0.2) is 36.5 Å². The number of nitrogens with zero attached hydrogens (tertiary/aromatic N) is 2. The van der Waals surface area contributed by atoms with Gasteiger partial charge in [-0.25, -0.2) is 0 Å². The quantitative estimate of drug-likeness (QED) is 0.836. The molecule has 18 heavy (non-hydrogen) atoms. The second-order valence-corrected chi connectivity index (χ2v) is 3.93. The Hall–Kier alpha value is -2.54. The zero-order valence-corrected chi connectivity index (χ0v) is 10.1. The molecule has 2 rings (SSSR count). The number of aromatic nitrogens is 1. The molecule has 0 aliphatic heterocycles. The molecule has 0 atom stereocenters. The van der Waals surface area contributed by atoms with Gasteiger partial charge in [-0.2, -0.15) is 5.26 Å². The molecule has 1 aromatic heterocycles. The van der Waals surface area contributed by atoms with Gasteiger partial charge in [-0.3, -0.25) is 4.98 Å². The van der Waals surface area contributed by atoms with Gasteiger partial charge >= 0.3 is 0 Å². The van der Waals surface area contributed by atoms with Crippen molar-refractivity contribution in [3.63, 3.8) is 0 Å². The van der Waals surface area contributed by atoms with Gasteiger partial charge in [-0.05, 0) is 42.8 Å². The van der Waals surface area contributed by atoms with E-state index in [1.807, 2.05) is 19.1 Å². The Morgan fingerprint density at radius 1 is 1.28 bits per heavy atom. The van der Waals surface area contributed by atoms with Crippen LogP contribution >= 0.6 is 0 Å². The number of anilines is 1. The highest BCUT2D eigenvalue weighted by Gasteiger charge is 2.03. The molecule has 0 amide bonds. The highest BCUT2D eigenvalue weighted by atomic mass is 16.5. The minimum atomic E-state index is 0.273. The van der Waals surface area contributed by atoms with E-state index in [4.69, 9.17) is 15.7 Å². The largest absolute Gasteiger partial charge is 0.456 e. The van der Waals surface area contributed by atoms with Crippen molar-refractivity contribution in [3.05, 3.63) is 47.8 Å². The Morgan fingerprint density at radius 2 is 2.06 bits per heavy atom. The van der Waals surface area contributed by atoms with E-state index in [9.17, 15) is 0 Å². The molecule has 4 heteroatoms. The van der Waals surface area contributed by atoms with Crippen LogP contribution < -0.4 is 10.5 Å². The molecule has 1 aromatic carbocycles. The standard InChI is InChI=1S/C14H13N3O/c1-10-2-3-13(9-17-10)18-12-4-5-14(16)11(8-12)6-7-15/h2-5,8-9H,6,16H2,1H3. The van der Waals surface area contributed by atoms with Gasteiger partial charge in [0.1, 0.15) is 11.5 Å². The number of nitrogens with two attached hydrogens (primary N) is 1. The summed E-state index contributed by atoms with van der Waals surface area (Å²) in [7, 11) is 0. The maximum atomic E-state index is 8.70. The highest BCUT2D eigenvalue weighted by Crippen LogP contribution is 2.25. The number of hydrogen-bond donors (Lipinski definition) is 1. The topological polar surface area (TPSA) is 71.9 Å². The molecule has 0 saturated heterocycles. The van der Waals surface area contributed by atoms with Crippen LogP contribution in [0.4, 0.5) is 5.69 Å². The predicted molar refractivity (Wildman–Crippen MR) is 69.2 cm³/mol. The third-order valence-corrected chi connectivity index (χ3v) is 2.50. The molecule has 2 aromatic rings. The first-order valence-corrected chi connectivity index (χ1v) is 5.55. The smallest absolute Gasteiger partial charge is 0.145 e. The van der Waals surface area contributed by atoms with Gasteiger partial charge < -0.3 is 10.5 Å². The molecule has 0 unspecified atom stereocenters. The second-order valence-electron chi connectivity index (χ2n) is 3.93. The fraction of sp³-hybridized carbons (Fsp3) is 0.143. The summed E-state index contributed by atoms with van der Waals surface area (Å²) < 4.78 is 5.65. The summed E-state index contributed by atoms with van der Waals surface area (Å²) >= 11 is 0. The summed E-state index contributed by atoms with van der Waals surface area (Å²) in [5, 5.41) is 8.70.